The standard InChI is InChI=1S/C13H16Br2F2N2O2/c14-8-5-9(11(21)10(15)6-8)12(13(16,17)7-20)19-3-1-18-2-4-19/h5-6,12,18,20-21H,1-4,7H2/t12-/m0/s1. The summed E-state index contributed by atoms with van der Waals surface area (Å²) in [6.07, 6.45) is 0. The fraction of sp³-hybridized carbons (Fsp3) is 0.538. The molecular formula is C13H16Br2F2N2O2. The summed E-state index contributed by atoms with van der Waals surface area (Å²) in [5, 5.41) is 22.3. The predicted octanol–water partition coefficient (Wildman–Crippen LogP) is 2.49. The molecule has 0 amide bonds. The second-order valence-electron chi connectivity index (χ2n) is 4.93. The first kappa shape index (κ1) is 17.1. The van der Waals surface area contributed by atoms with E-state index in [1.54, 1.807) is 11.0 Å². The van der Waals surface area contributed by atoms with Crippen LogP contribution in [0.3, 0.4) is 0 Å². The van der Waals surface area contributed by atoms with Crippen LogP contribution in [-0.4, -0.2) is 53.8 Å². The molecule has 1 fully saturated rings. The van der Waals surface area contributed by atoms with Gasteiger partial charge in [0.2, 0.25) is 0 Å². The average molecular weight is 430 g/mol. The van der Waals surface area contributed by atoms with Crippen molar-refractivity contribution in [2.45, 2.75) is 12.0 Å². The van der Waals surface area contributed by atoms with Gasteiger partial charge in [-0.05, 0) is 28.1 Å². The Labute approximate surface area is 138 Å². The first-order chi connectivity index (χ1) is 9.86. The summed E-state index contributed by atoms with van der Waals surface area (Å²) in [5.74, 6) is -3.58. The Bertz CT molecular complexity index is 511. The lowest BCUT2D eigenvalue weighted by atomic mass is 9.97. The highest BCUT2D eigenvalue weighted by molar-refractivity contribution is 9.11. The quantitative estimate of drug-likeness (QED) is 0.688. The maximum Gasteiger partial charge on any atom is 0.290 e. The van der Waals surface area contributed by atoms with E-state index in [0.717, 1.165) is 0 Å². The largest absolute Gasteiger partial charge is 0.506 e. The first-order valence-corrected chi connectivity index (χ1v) is 8.07. The lowest BCUT2D eigenvalue weighted by Gasteiger charge is -2.39. The molecule has 1 aromatic rings. The summed E-state index contributed by atoms with van der Waals surface area (Å²) < 4.78 is 29.5. The summed E-state index contributed by atoms with van der Waals surface area (Å²) >= 11 is 6.41. The van der Waals surface area contributed by atoms with Gasteiger partial charge in [0.15, 0.2) is 0 Å². The molecule has 0 saturated carbocycles. The summed E-state index contributed by atoms with van der Waals surface area (Å²) in [6.45, 7) is 0.751. The van der Waals surface area contributed by atoms with Gasteiger partial charge in [-0.2, -0.15) is 0 Å². The predicted molar refractivity (Wildman–Crippen MR) is 82.7 cm³/mol. The molecule has 4 nitrogen and oxygen atoms in total. The van der Waals surface area contributed by atoms with E-state index in [0.29, 0.717) is 35.1 Å². The third-order valence-corrected chi connectivity index (χ3v) is 4.54. The number of rotatable bonds is 4. The molecule has 0 aromatic heterocycles. The van der Waals surface area contributed by atoms with Gasteiger partial charge in [0.25, 0.3) is 5.92 Å². The van der Waals surface area contributed by atoms with Crippen LogP contribution in [0.4, 0.5) is 8.78 Å². The summed E-state index contributed by atoms with van der Waals surface area (Å²) in [4.78, 5) is 1.58. The molecule has 0 spiro atoms. The number of hydrogen-bond donors (Lipinski definition) is 3. The van der Waals surface area contributed by atoms with Crippen LogP contribution in [0.2, 0.25) is 0 Å². The second kappa shape index (κ2) is 6.87. The van der Waals surface area contributed by atoms with Crippen molar-refractivity contribution in [3.63, 3.8) is 0 Å². The highest BCUT2D eigenvalue weighted by Crippen LogP contribution is 2.44. The second-order valence-corrected chi connectivity index (χ2v) is 6.70. The maximum absolute atomic E-state index is 14.3. The van der Waals surface area contributed by atoms with Crippen LogP contribution in [0.25, 0.3) is 0 Å². The molecule has 8 heteroatoms. The molecule has 0 bridgehead atoms. The van der Waals surface area contributed by atoms with Gasteiger partial charge in [-0.1, -0.05) is 15.9 Å². The van der Waals surface area contributed by atoms with Gasteiger partial charge in [0, 0.05) is 36.2 Å². The third kappa shape index (κ3) is 3.73. The van der Waals surface area contributed by atoms with Crippen molar-refractivity contribution in [2.75, 3.05) is 32.8 Å². The topological polar surface area (TPSA) is 55.7 Å². The minimum absolute atomic E-state index is 0.0946. The van der Waals surface area contributed by atoms with Crippen molar-refractivity contribution in [1.29, 1.82) is 0 Å². The number of benzene rings is 1. The smallest absolute Gasteiger partial charge is 0.290 e. The monoisotopic (exact) mass is 428 g/mol. The summed E-state index contributed by atoms with van der Waals surface area (Å²) in [5.41, 5.74) is 0.0946. The molecule has 0 radical (unpaired) electrons. The average Bonchev–Trinajstić information content (AvgIpc) is 2.45. The Kier molecular flexibility index (Phi) is 5.59. The molecule has 0 unspecified atom stereocenters. The van der Waals surface area contributed by atoms with Crippen molar-refractivity contribution in [3.8, 4) is 5.75 Å². The Hall–Kier alpha value is -0.280. The van der Waals surface area contributed by atoms with Crippen LogP contribution in [0.1, 0.15) is 11.6 Å². The zero-order valence-corrected chi connectivity index (χ0v) is 14.3. The van der Waals surface area contributed by atoms with Crippen LogP contribution in [0.5, 0.6) is 5.75 Å². The Morgan fingerprint density at radius 3 is 2.48 bits per heavy atom. The number of alkyl halides is 2. The van der Waals surface area contributed by atoms with Crippen molar-refractivity contribution in [1.82, 2.24) is 10.2 Å². The van der Waals surface area contributed by atoms with E-state index in [9.17, 15) is 13.9 Å². The SMILES string of the molecule is OCC(F)(F)[C@H](c1cc(Br)cc(Br)c1O)N1CCNCC1. The first-order valence-electron chi connectivity index (χ1n) is 6.48. The third-order valence-electron chi connectivity index (χ3n) is 3.48. The molecule has 21 heavy (non-hydrogen) atoms. The molecule has 2 rings (SSSR count). The number of aliphatic hydroxyl groups is 1. The number of phenolic OH excluding ortho intramolecular Hbond substituents is 1. The van der Waals surface area contributed by atoms with E-state index in [4.69, 9.17) is 5.11 Å². The molecule has 118 valence electrons. The molecule has 1 saturated heterocycles. The van der Waals surface area contributed by atoms with E-state index in [1.165, 1.54) is 6.07 Å². The Morgan fingerprint density at radius 2 is 1.90 bits per heavy atom. The maximum atomic E-state index is 14.3. The number of halogens is 4. The van der Waals surface area contributed by atoms with Gasteiger partial charge in [-0.25, -0.2) is 8.78 Å². The van der Waals surface area contributed by atoms with E-state index in [2.05, 4.69) is 37.2 Å². The number of nitrogens with one attached hydrogen (secondary N) is 1. The van der Waals surface area contributed by atoms with Gasteiger partial charge in [-0.15, -0.1) is 0 Å². The van der Waals surface area contributed by atoms with Gasteiger partial charge in [0.05, 0.1) is 4.47 Å². The van der Waals surface area contributed by atoms with Crippen molar-refractivity contribution < 1.29 is 19.0 Å². The van der Waals surface area contributed by atoms with Crippen molar-refractivity contribution >= 4 is 31.9 Å². The summed E-state index contributed by atoms with van der Waals surface area (Å²) in [7, 11) is 0. The van der Waals surface area contributed by atoms with Crippen LogP contribution in [0, 0.1) is 0 Å². The van der Waals surface area contributed by atoms with Crippen molar-refractivity contribution in [3.05, 3.63) is 26.6 Å². The van der Waals surface area contributed by atoms with Crippen LogP contribution >= 0.6 is 31.9 Å². The molecule has 1 heterocycles. The fourth-order valence-corrected chi connectivity index (χ4v) is 3.77. The molecule has 1 aliphatic heterocycles. The molecule has 3 N–H and O–H groups in total. The molecule has 1 atom stereocenters. The minimum Gasteiger partial charge on any atom is -0.506 e. The number of aliphatic hydroxyl groups excluding tert-OH is 1. The normalized spacial score (nSPS) is 18.7. The fourth-order valence-electron chi connectivity index (χ4n) is 2.51. The highest BCUT2D eigenvalue weighted by Gasteiger charge is 2.45. The van der Waals surface area contributed by atoms with Gasteiger partial charge in [-0.3, -0.25) is 4.90 Å². The zero-order valence-electron chi connectivity index (χ0n) is 11.1. The van der Waals surface area contributed by atoms with E-state index in [-0.39, 0.29) is 11.3 Å². The lowest BCUT2D eigenvalue weighted by molar-refractivity contribution is -0.119. The van der Waals surface area contributed by atoms with Crippen LogP contribution < -0.4 is 5.32 Å². The zero-order chi connectivity index (χ0) is 15.6. The summed E-state index contributed by atoms with van der Waals surface area (Å²) in [6, 6.07) is 1.68. The van der Waals surface area contributed by atoms with Gasteiger partial charge in [0.1, 0.15) is 18.4 Å². The number of nitrogens with zero attached hydrogens (tertiary/aromatic N) is 1. The highest BCUT2D eigenvalue weighted by atomic mass is 79.9. The van der Waals surface area contributed by atoms with E-state index < -0.39 is 18.6 Å². The molecular weight excluding hydrogens is 414 g/mol. The van der Waals surface area contributed by atoms with Gasteiger partial charge >= 0.3 is 0 Å². The van der Waals surface area contributed by atoms with Crippen LogP contribution in [-0.2, 0) is 0 Å². The molecule has 1 aliphatic rings. The van der Waals surface area contributed by atoms with Crippen LogP contribution in [0.15, 0.2) is 21.1 Å². The number of aromatic hydroxyl groups is 1. The number of phenols is 1. The Balaban J connectivity index is 2.49. The number of piperazine rings is 1. The lowest BCUT2D eigenvalue weighted by Crippen LogP contribution is -2.51. The van der Waals surface area contributed by atoms with E-state index in [1.807, 2.05) is 0 Å². The van der Waals surface area contributed by atoms with E-state index >= 15 is 0 Å². The number of hydrogen-bond acceptors (Lipinski definition) is 4. The molecule has 1 aromatic carbocycles. The van der Waals surface area contributed by atoms with Gasteiger partial charge < -0.3 is 15.5 Å². The Morgan fingerprint density at radius 1 is 1.29 bits per heavy atom. The van der Waals surface area contributed by atoms with Crippen molar-refractivity contribution in [2.24, 2.45) is 0 Å². The minimum atomic E-state index is -3.35. The molecule has 0 aliphatic carbocycles.